The van der Waals surface area contributed by atoms with Gasteiger partial charge in [0.25, 0.3) is 0 Å². The van der Waals surface area contributed by atoms with Crippen molar-refractivity contribution in [3.63, 3.8) is 0 Å². The number of pyridine rings is 1. The lowest BCUT2D eigenvalue weighted by Crippen LogP contribution is -2.53. The van der Waals surface area contributed by atoms with Crippen molar-refractivity contribution in [3.05, 3.63) is 29.6 Å². The first kappa shape index (κ1) is 12.8. The summed E-state index contributed by atoms with van der Waals surface area (Å²) in [6, 6.07) is 3.64. The lowest BCUT2D eigenvalue weighted by molar-refractivity contribution is 0.0872. The highest BCUT2D eigenvalue weighted by Gasteiger charge is 2.35. The molecule has 6 heteroatoms. The maximum absolute atomic E-state index is 9.35. The Hall–Kier alpha value is -1.66. The summed E-state index contributed by atoms with van der Waals surface area (Å²) < 4.78 is 0. The molecule has 1 aromatic heterocycles. The Bertz CT molecular complexity index is 438. The molecule has 1 saturated carbocycles. The Morgan fingerprint density at radius 2 is 2.33 bits per heavy atom. The Morgan fingerprint density at radius 1 is 1.56 bits per heavy atom. The summed E-state index contributed by atoms with van der Waals surface area (Å²) in [6.45, 7) is 0.792. The molecule has 0 unspecified atom stereocenters. The number of nitrogens with two attached hydrogens (primary N) is 1. The minimum atomic E-state index is -0.125. The van der Waals surface area contributed by atoms with E-state index >= 15 is 0 Å². The molecule has 98 valence electrons. The first-order chi connectivity index (χ1) is 8.69. The summed E-state index contributed by atoms with van der Waals surface area (Å²) >= 11 is 0. The molecule has 0 bridgehead atoms. The van der Waals surface area contributed by atoms with Crippen molar-refractivity contribution in [1.29, 1.82) is 0 Å². The van der Waals surface area contributed by atoms with Crippen molar-refractivity contribution in [3.8, 4) is 0 Å². The molecule has 1 aromatic rings. The van der Waals surface area contributed by atoms with Crippen molar-refractivity contribution in [2.45, 2.75) is 31.3 Å². The van der Waals surface area contributed by atoms with Gasteiger partial charge in [0.2, 0.25) is 0 Å². The van der Waals surface area contributed by atoms with Gasteiger partial charge in [0.05, 0.1) is 6.61 Å². The number of nitrogens with one attached hydrogen (secondary N) is 1. The van der Waals surface area contributed by atoms with Crippen LogP contribution in [-0.4, -0.2) is 33.3 Å². The van der Waals surface area contributed by atoms with Crippen molar-refractivity contribution in [1.82, 2.24) is 10.3 Å². The summed E-state index contributed by atoms with van der Waals surface area (Å²) in [6.07, 6.45) is 4.78. The molecular formula is C12H18N4O2. The van der Waals surface area contributed by atoms with Crippen LogP contribution in [0.1, 0.15) is 30.5 Å². The lowest BCUT2D eigenvalue weighted by Gasteiger charge is -2.41. The summed E-state index contributed by atoms with van der Waals surface area (Å²) in [5, 5.41) is 24.2. The highest BCUT2D eigenvalue weighted by molar-refractivity contribution is 5.95. The molecule has 6 nitrogen and oxygen atoms in total. The molecule has 5 N–H and O–H groups in total. The number of hydrogen-bond donors (Lipinski definition) is 4. The van der Waals surface area contributed by atoms with Gasteiger partial charge < -0.3 is 21.4 Å². The van der Waals surface area contributed by atoms with Crippen LogP contribution in [0.25, 0.3) is 0 Å². The van der Waals surface area contributed by atoms with E-state index in [-0.39, 0.29) is 18.0 Å². The quantitative estimate of drug-likeness (QED) is 0.258. The van der Waals surface area contributed by atoms with E-state index < -0.39 is 0 Å². The topological polar surface area (TPSA) is 104 Å². The highest BCUT2D eigenvalue weighted by atomic mass is 16.4. The van der Waals surface area contributed by atoms with E-state index in [2.05, 4.69) is 15.5 Å². The predicted molar refractivity (Wildman–Crippen MR) is 67.3 cm³/mol. The van der Waals surface area contributed by atoms with Gasteiger partial charge in [0, 0.05) is 18.3 Å². The van der Waals surface area contributed by atoms with Gasteiger partial charge in [-0.25, -0.2) is 0 Å². The molecule has 0 radical (unpaired) electrons. The number of nitrogens with zero attached hydrogens (tertiary/aromatic N) is 2. The molecule has 1 aliphatic rings. The largest absolute Gasteiger partial charge is 0.409 e. The molecule has 1 aliphatic carbocycles. The summed E-state index contributed by atoms with van der Waals surface area (Å²) in [4.78, 5) is 4.02. The number of rotatable bonds is 5. The maximum atomic E-state index is 9.35. The molecule has 0 spiro atoms. The van der Waals surface area contributed by atoms with Crippen LogP contribution in [0.15, 0.2) is 23.5 Å². The van der Waals surface area contributed by atoms with Gasteiger partial charge in [0.1, 0.15) is 5.69 Å². The average Bonchev–Trinajstić information content (AvgIpc) is 2.37. The predicted octanol–water partition coefficient (Wildman–Crippen LogP) is 0.181. The van der Waals surface area contributed by atoms with Crippen LogP contribution in [0.4, 0.5) is 0 Å². The number of aliphatic hydroxyl groups is 1. The molecule has 0 aromatic carbocycles. The number of amidine groups is 1. The third kappa shape index (κ3) is 2.60. The van der Waals surface area contributed by atoms with Crippen molar-refractivity contribution >= 4 is 5.84 Å². The number of aliphatic hydroxyl groups excluding tert-OH is 1. The Morgan fingerprint density at radius 3 is 2.89 bits per heavy atom. The van der Waals surface area contributed by atoms with Gasteiger partial charge >= 0.3 is 0 Å². The van der Waals surface area contributed by atoms with E-state index in [1.807, 2.05) is 6.07 Å². The van der Waals surface area contributed by atoms with Gasteiger partial charge in [0.15, 0.2) is 5.84 Å². The Kier molecular flexibility index (Phi) is 3.78. The van der Waals surface area contributed by atoms with Crippen LogP contribution >= 0.6 is 0 Å². The molecule has 2 rings (SSSR count). The zero-order valence-electron chi connectivity index (χ0n) is 10.1. The minimum absolute atomic E-state index is 0.00244. The number of hydrogen-bond acceptors (Lipinski definition) is 5. The zero-order chi connectivity index (χ0) is 13.0. The first-order valence-corrected chi connectivity index (χ1v) is 5.98. The lowest BCUT2D eigenvalue weighted by atomic mass is 9.77. The number of oxime groups is 1. The maximum Gasteiger partial charge on any atom is 0.188 e. The Labute approximate surface area is 106 Å². The third-order valence-electron chi connectivity index (χ3n) is 3.48. The van der Waals surface area contributed by atoms with E-state index in [0.29, 0.717) is 12.2 Å². The van der Waals surface area contributed by atoms with Gasteiger partial charge in [-0.2, -0.15) is 0 Å². The van der Waals surface area contributed by atoms with Crippen LogP contribution in [0.2, 0.25) is 0 Å². The van der Waals surface area contributed by atoms with E-state index in [9.17, 15) is 5.11 Å². The van der Waals surface area contributed by atoms with Crippen LogP contribution in [0.5, 0.6) is 0 Å². The third-order valence-corrected chi connectivity index (χ3v) is 3.48. The fourth-order valence-electron chi connectivity index (χ4n) is 2.06. The number of aromatic nitrogens is 1. The summed E-state index contributed by atoms with van der Waals surface area (Å²) in [5.74, 6) is -0.00244. The van der Waals surface area contributed by atoms with E-state index in [0.717, 1.165) is 24.8 Å². The van der Waals surface area contributed by atoms with Gasteiger partial charge in [-0.3, -0.25) is 4.98 Å². The van der Waals surface area contributed by atoms with Crippen molar-refractivity contribution in [2.75, 3.05) is 6.61 Å². The van der Waals surface area contributed by atoms with Crippen LogP contribution in [-0.2, 0) is 6.54 Å². The normalized spacial score (nSPS) is 18.4. The fourth-order valence-corrected chi connectivity index (χ4v) is 2.06. The van der Waals surface area contributed by atoms with Gasteiger partial charge in [-0.1, -0.05) is 5.16 Å². The SMILES string of the molecule is N/C(=N/O)c1cc(CNC2(CO)CCC2)ccn1. The molecule has 1 heterocycles. The van der Waals surface area contributed by atoms with Crippen molar-refractivity contribution in [2.24, 2.45) is 10.9 Å². The smallest absolute Gasteiger partial charge is 0.188 e. The molecule has 0 saturated heterocycles. The first-order valence-electron chi connectivity index (χ1n) is 5.98. The van der Waals surface area contributed by atoms with E-state index in [4.69, 9.17) is 10.9 Å². The molecule has 0 atom stereocenters. The standard InChI is InChI=1S/C12H18N4O2/c13-11(16-18)10-6-9(2-5-14-10)7-15-12(8-17)3-1-4-12/h2,5-6,15,17-18H,1,3-4,7-8H2,(H2,13,16). The summed E-state index contributed by atoms with van der Waals surface area (Å²) in [5.41, 5.74) is 6.80. The summed E-state index contributed by atoms with van der Waals surface area (Å²) in [7, 11) is 0. The minimum Gasteiger partial charge on any atom is -0.409 e. The Balaban J connectivity index is 2.01. The fraction of sp³-hybridized carbons (Fsp3) is 0.500. The van der Waals surface area contributed by atoms with E-state index in [1.54, 1.807) is 12.3 Å². The van der Waals surface area contributed by atoms with Crippen LogP contribution in [0, 0.1) is 0 Å². The second kappa shape index (κ2) is 5.32. The van der Waals surface area contributed by atoms with Gasteiger partial charge in [-0.05, 0) is 37.0 Å². The second-order valence-corrected chi connectivity index (χ2v) is 4.68. The molecule has 0 amide bonds. The molecule has 1 fully saturated rings. The highest BCUT2D eigenvalue weighted by Crippen LogP contribution is 2.31. The zero-order valence-corrected chi connectivity index (χ0v) is 10.1. The van der Waals surface area contributed by atoms with Crippen LogP contribution in [0.3, 0.4) is 0 Å². The van der Waals surface area contributed by atoms with Crippen LogP contribution < -0.4 is 11.1 Å². The molecule has 18 heavy (non-hydrogen) atoms. The molecular weight excluding hydrogens is 232 g/mol. The van der Waals surface area contributed by atoms with E-state index in [1.165, 1.54) is 0 Å². The second-order valence-electron chi connectivity index (χ2n) is 4.68. The van der Waals surface area contributed by atoms with Gasteiger partial charge in [-0.15, -0.1) is 0 Å². The van der Waals surface area contributed by atoms with Crippen molar-refractivity contribution < 1.29 is 10.3 Å². The monoisotopic (exact) mass is 250 g/mol. The molecule has 0 aliphatic heterocycles. The average molecular weight is 250 g/mol.